The predicted molar refractivity (Wildman–Crippen MR) is 63.8 cm³/mol. The Labute approximate surface area is 99.8 Å². The molecule has 6 heteroatoms. The standard InChI is InChI=1S/C11H15F2NO2S/c1-8(2)17(15,16)7-6-14-11-9(12)4-3-5-10(11)13/h3-5,8,14H,6-7H2,1-2H3. The van der Waals surface area contributed by atoms with Gasteiger partial charge in [0.15, 0.2) is 9.84 Å². The Kier molecular flexibility index (Phi) is 4.45. The summed E-state index contributed by atoms with van der Waals surface area (Å²) in [6.45, 7) is 3.12. The van der Waals surface area contributed by atoms with E-state index in [0.29, 0.717) is 0 Å². The van der Waals surface area contributed by atoms with E-state index in [-0.39, 0.29) is 18.0 Å². The first kappa shape index (κ1) is 13.9. The molecule has 0 heterocycles. The number of sulfone groups is 1. The van der Waals surface area contributed by atoms with E-state index in [1.54, 1.807) is 13.8 Å². The van der Waals surface area contributed by atoms with Gasteiger partial charge in [-0.05, 0) is 26.0 Å². The van der Waals surface area contributed by atoms with Crippen LogP contribution in [0, 0.1) is 11.6 Å². The second-order valence-corrected chi connectivity index (χ2v) is 6.62. The van der Waals surface area contributed by atoms with E-state index in [0.717, 1.165) is 12.1 Å². The zero-order valence-electron chi connectivity index (χ0n) is 9.70. The molecule has 1 aromatic carbocycles. The molecule has 0 aliphatic rings. The molecule has 0 unspecified atom stereocenters. The summed E-state index contributed by atoms with van der Waals surface area (Å²) >= 11 is 0. The number of hydrogen-bond acceptors (Lipinski definition) is 3. The maximum atomic E-state index is 13.2. The Morgan fingerprint density at radius 1 is 1.24 bits per heavy atom. The lowest BCUT2D eigenvalue weighted by Gasteiger charge is -2.10. The molecular weight excluding hydrogens is 248 g/mol. The van der Waals surface area contributed by atoms with Gasteiger partial charge in [0.05, 0.1) is 11.0 Å². The van der Waals surface area contributed by atoms with Crippen molar-refractivity contribution in [3.05, 3.63) is 29.8 Å². The van der Waals surface area contributed by atoms with Gasteiger partial charge in [-0.2, -0.15) is 0 Å². The molecule has 96 valence electrons. The zero-order chi connectivity index (χ0) is 13.1. The van der Waals surface area contributed by atoms with Crippen molar-refractivity contribution in [1.29, 1.82) is 0 Å². The SMILES string of the molecule is CC(C)S(=O)(=O)CCNc1c(F)cccc1F. The number of nitrogens with one attached hydrogen (secondary N) is 1. The number of rotatable bonds is 5. The van der Waals surface area contributed by atoms with Crippen LogP contribution < -0.4 is 5.32 Å². The lowest BCUT2D eigenvalue weighted by Crippen LogP contribution is -2.23. The number of benzene rings is 1. The number of hydrogen-bond donors (Lipinski definition) is 1. The van der Waals surface area contributed by atoms with Gasteiger partial charge in [-0.3, -0.25) is 0 Å². The maximum absolute atomic E-state index is 13.2. The molecule has 1 aromatic rings. The molecule has 0 aliphatic carbocycles. The first-order valence-electron chi connectivity index (χ1n) is 5.24. The van der Waals surface area contributed by atoms with Crippen molar-refractivity contribution in [1.82, 2.24) is 0 Å². The van der Waals surface area contributed by atoms with E-state index < -0.39 is 26.7 Å². The van der Waals surface area contributed by atoms with Gasteiger partial charge >= 0.3 is 0 Å². The molecule has 0 saturated heterocycles. The Bertz CT molecular complexity index is 466. The summed E-state index contributed by atoms with van der Waals surface area (Å²) in [6.07, 6.45) is 0. The number of para-hydroxylation sites is 1. The Morgan fingerprint density at radius 2 is 1.76 bits per heavy atom. The molecule has 0 bridgehead atoms. The quantitative estimate of drug-likeness (QED) is 0.886. The monoisotopic (exact) mass is 263 g/mol. The molecule has 0 aromatic heterocycles. The maximum Gasteiger partial charge on any atom is 0.154 e. The van der Waals surface area contributed by atoms with Gasteiger partial charge in [-0.1, -0.05) is 6.07 Å². The normalized spacial score (nSPS) is 11.8. The van der Waals surface area contributed by atoms with Crippen molar-refractivity contribution in [2.45, 2.75) is 19.1 Å². The third-order valence-corrected chi connectivity index (χ3v) is 4.58. The van der Waals surface area contributed by atoms with Crippen molar-refractivity contribution in [3.63, 3.8) is 0 Å². The highest BCUT2D eigenvalue weighted by Crippen LogP contribution is 2.17. The lowest BCUT2D eigenvalue weighted by molar-refractivity contribution is 0.582. The molecule has 1 rings (SSSR count). The van der Waals surface area contributed by atoms with Gasteiger partial charge in [0.25, 0.3) is 0 Å². The van der Waals surface area contributed by atoms with Crippen LogP contribution in [0.4, 0.5) is 14.5 Å². The third kappa shape index (κ3) is 3.66. The van der Waals surface area contributed by atoms with Crippen molar-refractivity contribution in [3.8, 4) is 0 Å². The largest absolute Gasteiger partial charge is 0.379 e. The topological polar surface area (TPSA) is 46.2 Å². The molecule has 3 nitrogen and oxygen atoms in total. The Morgan fingerprint density at radius 3 is 2.24 bits per heavy atom. The van der Waals surface area contributed by atoms with Gasteiger partial charge in [-0.15, -0.1) is 0 Å². The molecule has 0 amide bonds. The highest BCUT2D eigenvalue weighted by Gasteiger charge is 2.16. The molecule has 0 atom stereocenters. The fourth-order valence-corrected chi connectivity index (χ4v) is 2.08. The first-order chi connectivity index (χ1) is 7.84. The average Bonchev–Trinajstić information content (AvgIpc) is 2.22. The Balaban J connectivity index is 2.64. The first-order valence-corrected chi connectivity index (χ1v) is 6.95. The van der Waals surface area contributed by atoms with Gasteiger partial charge in [0.1, 0.15) is 17.3 Å². The fourth-order valence-electron chi connectivity index (χ4n) is 1.22. The highest BCUT2D eigenvalue weighted by atomic mass is 32.2. The molecular formula is C11H15F2NO2S. The highest BCUT2D eigenvalue weighted by molar-refractivity contribution is 7.92. The summed E-state index contributed by atoms with van der Waals surface area (Å²) in [5.74, 6) is -1.61. The second-order valence-electron chi connectivity index (χ2n) is 3.94. The second kappa shape index (κ2) is 5.44. The van der Waals surface area contributed by atoms with E-state index in [4.69, 9.17) is 0 Å². The van der Waals surface area contributed by atoms with Crippen LogP contribution in [0.5, 0.6) is 0 Å². The lowest BCUT2D eigenvalue weighted by atomic mass is 10.3. The summed E-state index contributed by atoms with van der Waals surface area (Å²) < 4.78 is 49.3. The minimum absolute atomic E-state index is 0.0155. The Hall–Kier alpha value is -1.17. The number of halogens is 2. The van der Waals surface area contributed by atoms with Crippen LogP contribution in [0.3, 0.4) is 0 Å². The minimum atomic E-state index is -3.20. The van der Waals surface area contributed by atoms with Crippen LogP contribution in [0.15, 0.2) is 18.2 Å². The van der Waals surface area contributed by atoms with E-state index >= 15 is 0 Å². The summed E-state index contributed by atoms with van der Waals surface area (Å²) in [4.78, 5) is 0. The van der Waals surface area contributed by atoms with E-state index in [9.17, 15) is 17.2 Å². The summed E-state index contributed by atoms with van der Waals surface area (Å²) in [7, 11) is -3.20. The van der Waals surface area contributed by atoms with Crippen LogP contribution in [-0.2, 0) is 9.84 Å². The summed E-state index contributed by atoms with van der Waals surface area (Å²) in [5.41, 5.74) is -0.286. The van der Waals surface area contributed by atoms with Crippen LogP contribution in [0.2, 0.25) is 0 Å². The van der Waals surface area contributed by atoms with E-state index in [1.165, 1.54) is 6.07 Å². The fraction of sp³-hybridized carbons (Fsp3) is 0.455. The molecule has 17 heavy (non-hydrogen) atoms. The van der Waals surface area contributed by atoms with Crippen molar-refractivity contribution < 1.29 is 17.2 Å². The zero-order valence-corrected chi connectivity index (χ0v) is 10.5. The molecule has 0 aliphatic heterocycles. The van der Waals surface area contributed by atoms with Gasteiger partial charge < -0.3 is 5.32 Å². The number of anilines is 1. The molecule has 0 spiro atoms. The smallest absolute Gasteiger partial charge is 0.154 e. The molecule has 0 saturated carbocycles. The molecule has 0 fully saturated rings. The van der Waals surface area contributed by atoms with Gasteiger partial charge in [-0.25, -0.2) is 17.2 Å². The van der Waals surface area contributed by atoms with Crippen molar-refractivity contribution >= 4 is 15.5 Å². The van der Waals surface area contributed by atoms with E-state index in [2.05, 4.69) is 5.32 Å². The van der Waals surface area contributed by atoms with E-state index in [1.807, 2.05) is 0 Å². The predicted octanol–water partition coefficient (Wildman–Crippen LogP) is 2.20. The van der Waals surface area contributed by atoms with Crippen LogP contribution in [-0.4, -0.2) is 26.0 Å². The molecule has 0 radical (unpaired) electrons. The summed E-state index contributed by atoms with van der Waals surface area (Å²) in [6, 6.07) is 3.48. The average molecular weight is 263 g/mol. The minimum Gasteiger partial charge on any atom is -0.379 e. The molecule has 1 N–H and O–H groups in total. The third-order valence-electron chi connectivity index (χ3n) is 2.37. The van der Waals surface area contributed by atoms with Gasteiger partial charge in [0, 0.05) is 6.54 Å². The van der Waals surface area contributed by atoms with Gasteiger partial charge in [0.2, 0.25) is 0 Å². The van der Waals surface area contributed by atoms with Crippen LogP contribution in [0.1, 0.15) is 13.8 Å². The van der Waals surface area contributed by atoms with Crippen LogP contribution >= 0.6 is 0 Å². The van der Waals surface area contributed by atoms with Crippen molar-refractivity contribution in [2.24, 2.45) is 0 Å². The van der Waals surface area contributed by atoms with Crippen LogP contribution in [0.25, 0.3) is 0 Å². The summed E-state index contributed by atoms with van der Waals surface area (Å²) in [5, 5.41) is 1.97. The van der Waals surface area contributed by atoms with Crippen molar-refractivity contribution in [2.75, 3.05) is 17.6 Å².